The lowest BCUT2D eigenvalue weighted by atomic mass is 9.94. The predicted molar refractivity (Wildman–Crippen MR) is 213 cm³/mol. The van der Waals surface area contributed by atoms with Gasteiger partial charge in [-0.25, -0.2) is 4.99 Å². The number of aromatic hydroxyl groups is 1. The van der Waals surface area contributed by atoms with Crippen LogP contribution in [0.5, 0.6) is 5.75 Å². The number of halogens is 2. The van der Waals surface area contributed by atoms with Crippen LogP contribution in [0.4, 0.5) is 17.1 Å². The Morgan fingerprint density at radius 1 is 0.615 bits per heavy atom. The number of rotatable bonds is 9. The van der Waals surface area contributed by atoms with Crippen LogP contribution in [-0.4, -0.2) is 47.5 Å². The van der Waals surface area contributed by atoms with Crippen molar-refractivity contribution in [2.24, 2.45) is 4.99 Å². The smallest absolute Gasteiger partial charge is 0.227 e. The van der Waals surface area contributed by atoms with Crippen LogP contribution in [-0.2, 0) is 9.59 Å². The number of aliphatic imine (C=N–C) groups is 1. The molecule has 0 fully saturated rings. The number of amides is 2. The van der Waals surface area contributed by atoms with Gasteiger partial charge in [-0.05, 0) is 34.4 Å². The van der Waals surface area contributed by atoms with Gasteiger partial charge in [0.1, 0.15) is 5.75 Å². The highest BCUT2D eigenvalue weighted by Crippen LogP contribution is 2.47. The summed E-state index contributed by atoms with van der Waals surface area (Å²) in [5, 5.41) is 14.5. The summed E-state index contributed by atoms with van der Waals surface area (Å²) < 4.78 is 0. The van der Waals surface area contributed by atoms with Gasteiger partial charge < -0.3 is 14.9 Å². The Bertz CT molecular complexity index is 2300. The number of anilines is 2. The molecule has 6 aromatic carbocycles. The van der Waals surface area contributed by atoms with E-state index in [1.807, 2.05) is 83.8 Å². The number of carbonyl (C=O) groups excluding carboxylic acids is 2. The van der Waals surface area contributed by atoms with Crippen molar-refractivity contribution in [2.45, 2.75) is 31.1 Å². The van der Waals surface area contributed by atoms with Crippen LogP contribution in [0.15, 0.2) is 126 Å². The second-order valence-electron chi connectivity index (χ2n) is 13.5. The normalized spacial score (nSPS) is 16.3. The minimum Gasteiger partial charge on any atom is -0.507 e. The lowest BCUT2D eigenvalue weighted by Crippen LogP contribution is -2.32. The molecule has 2 aliphatic rings. The van der Waals surface area contributed by atoms with E-state index in [2.05, 4.69) is 36.4 Å². The van der Waals surface area contributed by atoms with Crippen molar-refractivity contribution in [1.29, 1.82) is 0 Å². The van der Waals surface area contributed by atoms with Crippen molar-refractivity contribution in [2.75, 3.05) is 34.6 Å². The Kier molecular flexibility index (Phi) is 9.43. The maximum atomic E-state index is 14.0. The van der Waals surface area contributed by atoms with E-state index in [1.165, 1.54) is 0 Å². The molecule has 0 saturated carbocycles. The van der Waals surface area contributed by atoms with Crippen molar-refractivity contribution in [1.82, 2.24) is 0 Å². The van der Waals surface area contributed by atoms with Crippen LogP contribution < -0.4 is 9.80 Å². The first-order valence-corrected chi connectivity index (χ1v) is 18.8. The lowest BCUT2D eigenvalue weighted by molar-refractivity contribution is -0.119. The quantitative estimate of drug-likeness (QED) is 0.119. The third-order valence-corrected chi connectivity index (χ3v) is 11.1. The van der Waals surface area contributed by atoms with Gasteiger partial charge in [-0.3, -0.25) is 9.59 Å². The number of fused-ring (bicyclic) bond motifs is 6. The van der Waals surface area contributed by atoms with Gasteiger partial charge >= 0.3 is 0 Å². The van der Waals surface area contributed by atoms with E-state index >= 15 is 0 Å². The van der Waals surface area contributed by atoms with Gasteiger partial charge in [-0.15, -0.1) is 23.2 Å². The summed E-state index contributed by atoms with van der Waals surface area (Å²) in [5.74, 6) is 0.644. The second-order valence-corrected chi connectivity index (χ2v) is 14.1. The molecule has 6 aromatic rings. The standard InChI is InChI=1S/C44H37Cl2N3O3/c45-24-30-26-48(40(51)20-11-21-41(52)49-27-31(25-46)43-35-19-10-8-17-33(35)39(50)23-38(43)49)37-22-36(32-16-7-9-18-34(32)42(30)37)47-44(28-12-3-1-4-13-28)29-14-5-2-6-15-29/h1-10,12-19,22-23,30-31,50H,11,20-21,24-27H2/t30-,31-/m1/s1. The van der Waals surface area contributed by atoms with Gasteiger partial charge in [0, 0.05) is 83.2 Å². The van der Waals surface area contributed by atoms with Crippen molar-refractivity contribution in [3.05, 3.63) is 144 Å². The van der Waals surface area contributed by atoms with Crippen molar-refractivity contribution >= 4 is 79.3 Å². The molecule has 0 saturated heterocycles. The highest BCUT2D eigenvalue weighted by atomic mass is 35.5. The fourth-order valence-electron chi connectivity index (χ4n) is 7.94. The number of phenols is 1. The third-order valence-electron chi connectivity index (χ3n) is 10.4. The summed E-state index contributed by atoms with van der Waals surface area (Å²) in [5.41, 5.74) is 7.17. The minimum absolute atomic E-state index is 0.0380. The van der Waals surface area contributed by atoms with Crippen LogP contribution in [0.1, 0.15) is 53.4 Å². The van der Waals surface area contributed by atoms with E-state index in [9.17, 15) is 14.7 Å². The second kappa shape index (κ2) is 14.5. The Morgan fingerprint density at radius 3 is 1.58 bits per heavy atom. The number of alkyl halides is 2. The Balaban J connectivity index is 1.08. The number of benzene rings is 6. The van der Waals surface area contributed by atoms with E-state index < -0.39 is 0 Å². The molecule has 0 radical (unpaired) electrons. The molecule has 2 atom stereocenters. The predicted octanol–water partition coefficient (Wildman–Crippen LogP) is 10.1. The topological polar surface area (TPSA) is 73.2 Å². The molecular formula is C44H37Cl2N3O3. The molecule has 260 valence electrons. The van der Waals surface area contributed by atoms with Gasteiger partial charge in [0.25, 0.3) is 0 Å². The van der Waals surface area contributed by atoms with E-state index in [1.54, 1.807) is 11.0 Å². The molecule has 1 N–H and O–H groups in total. The fraction of sp³-hybridized carbons (Fsp3) is 0.205. The Morgan fingerprint density at radius 2 is 1.06 bits per heavy atom. The van der Waals surface area contributed by atoms with E-state index in [0.29, 0.717) is 37.0 Å². The summed E-state index contributed by atoms with van der Waals surface area (Å²) in [7, 11) is 0. The third kappa shape index (κ3) is 6.10. The van der Waals surface area contributed by atoms with Crippen molar-refractivity contribution in [3.63, 3.8) is 0 Å². The Hall–Kier alpha value is -5.17. The molecule has 0 bridgehead atoms. The molecule has 8 heteroatoms. The van der Waals surface area contributed by atoms with Gasteiger partial charge in [0.05, 0.1) is 17.1 Å². The van der Waals surface area contributed by atoms with Gasteiger partial charge in [-0.2, -0.15) is 0 Å². The van der Waals surface area contributed by atoms with E-state index in [4.69, 9.17) is 28.2 Å². The summed E-state index contributed by atoms with van der Waals surface area (Å²) in [6.45, 7) is 0.913. The minimum atomic E-state index is -0.0891. The van der Waals surface area contributed by atoms with Crippen LogP contribution in [0.25, 0.3) is 21.5 Å². The molecule has 52 heavy (non-hydrogen) atoms. The molecule has 6 nitrogen and oxygen atoms in total. The fourth-order valence-corrected chi connectivity index (χ4v) is 8.44. The summed E-state index contributed by atoms with van der Waals surface area (Å²) in [6, 6.07) is 39.8. The summed E-state index contributed by atoms with van der Waals surface area (Å²) in [4.78, 5) is 36.6. The number of hydrogen-bond donors (Lipinski definition) is 1. The number of nitrogens with zero attached hydrogens (tertiary/aromatic N) is 3. The average Bonchev–Trinajstić information content (AvgIpc) is 3.76. The van der Waals surface area contributed by atoms with Crippen LogP contribution in [0.2, 0.25) is 0 Å². The van der Waals surface area contributed by atoms with Crippen LogP contribution in [0.3, 0.4) is 0 Å². The highest BCUT2D eigenvalue weighted by molar-refractivity contribution is 6.20. The van der Waals surface area contributed by atoms with Gasteiger partial charge in [0.15, 0.2) is 0 Å². The maximum Gasteiger partial charge on any atom is 0.227 e. The molecule has 2 amide bonds. The molecule has 0 aliphatic carbocycles. The van der Waals surface area contributed by atoms with E-state index in [-0.39, 0.29) is 42.2 Å². The largest absolute Gasteiger partial charge is 0.507 e. The molecule has 0 unspecified atom stereocenters. The molecule has 0 spiro atoms. The first-order chi connectivity index (χ1) is 25.5. The lowest BCUT2D eigenvalue weighted by Gasteiger charge is -2.20. The van der Waals surface area contributed by atoms with Crippen LogP contribution in [0, 0.1) is 0 Å². The molecule has 8 rings (SSSR count). The maximum absolute atomic E-state index is 14.0. The zero-order valence-corrected chi connectivity index (χ0v) is 30.0. The van der Waals surface area contributed by atoms with Crippen LogP contribution >= 0.6 is 23.2 Å². The summed E-state index contributed by atoms with van der Waals surface area (Å²) in [6.07, 6.45) is 0.780. The molecule has 2 heterocycles. The van der Waals surface area contributed by atoms with Gasteiger partial charge in [-0.1, -0.05) is 109 Å². The van der Waals surface area contributed by atoms with E-state index in [0.717, 1.165) is 60.9 Å². The molecular weight excluding hydrogens is 689 g/mol. The number of hydrogen-bond acceptors (Lipinski definition) is 4. The monoisotopic (exact) mass is 725 g/mol. The first kappa shape index (κ1) is 33.9. The number of carbonyl (C=O) groups is 2. The zero-order chi connectivity index (χ0) is 35.8. The Labute approximate surface area is 312 Å². The SMILES string of the molecule is O=C(CCCC(=O)N1C[C@@H](CCl)c2c1cc(N=C(c1ccccc1)c1ccccc1)c1ccccc21)N1C[C@@H](CCl)c2c1cc(O)c1ccccc21. The van der Waals surface area contributed by atoms with Crippen molar-refractivity contribution in [3.8, 4) is 5.75 Å². The van der Waals surface area contributed by atoms with Crippen molar-refractivity contribution < 1.29 is 14.7 Å². The highest BCUT2D eigenvalue weighted by Gasteiger charge is 2.36. The molecule has 0 aromatic heterocycles. The summed E-state index contributed by atoms with van der Waals surface area (Å²) >= 11 is 13.0. The number of phenolic OH excluding ortho intramolecular Hbond substituents is 1. The average molecular weight is 727 g/mol. The van der Waals surface area contributed by atoms with Gasteiger partial charge in [0.2, 0.25) is 11.8 Å². The first-order valence-electron chi connectivity index (χ1n) is 17.7. The zero-order valence-electron chi connectivity index (χ0n) is 28.5. The molecule has 2 aliphatic heterocycles.